The van der Waals surface area contributed by atoms with Crippen molar-refractivity contribution in [3.8, 4) is 0 Å². The fraction of sp³-hybridized carbons (Fsp3) is 0.278. The van der Waals surface area contributed by atoms with E-state index in [1.165, 1.54) is 0 Å². The Labute approximate surface area is 161 Å². The van der Waals surface area contributed by atoms with Crippen LogP contribution in [0.2, 0.25) is 10.0 Å². The molecule has 26 heavy (non-hydrogen) atoms. The molecule has 8 heteroatoms. The Morgan fingerprint density at radius 3 is 2.42 bits per heavy atom. The molecule has 1 aliphatic rings. The Morgan fingerprint density at radius 2 is 1.77 bits per heavy atom. The largest absolute Gasteiger partial charge is 0.353 e. The van der Waals surface area contributed by atoms with Gasteiger partial charge in [0.05, 0.1) is 10.0 Å². The molecule has 2 aromatic rings. The minimum atomic E-state index is -0.255. The summed E-state index contributed by atoms with van der Waals surface area (Å²) in [5.41, 5.74) is 1.06. The molecule has 3 rings (SSSR count). The van der Waals surface area contributed by atoms with Crippen molar-refractivity contribution in [2.24, 2.45) is 0 Å². The second-order valence-corrected chi connectivity index (χ2v) is 6.79. The van der Waals surface area contributed by atoms with Crippen molar-refractivity contribution in [1.29, 1.82) is 0 Å². The van der Waals surface area contributed by atoms with Crippen LogP contribution in [0.5, 0.6) is 0 Å². The number of aromatic nitrogens is 1. The lowest BCUT2D eigenvalue weighted by atomic mass is 10.2. The normalized spacial score (nSPS) is 14.3. The molecule has 1 fully saturated rings. The highest BCUT2D eigenvalue weighted by atomic mass is 35.5. The summed E-state index contributed by atoms with van der Waals surface area (Å²) in [6.45, 7) is 4.24. The van der Waals surface area contributed by atoms with Crippen molar-refractivity contribution in [3.05, 3.63) is 52.1 Å². The van der Waals surface area contributed by atoms with Gasteiger partial charge < -0.3 is 15.1 Å². The van der Waals surface area contributed by atoms with Crippen molar-refractivity contribution in [2.75, 3.05) is 36.4 Å². The third-order valence-electron chi connectivity index (χ3n) is 4.23. The van der Waals surface area contributed by atoms with Crippen molar-refractivity contribution in [1.82, 2.24) is 9.88 Å². The summed E-state index contributed by atoms with van der Waals surface area (Å²) < 4.78 is 0. The van der Waals surface area contributed by atoms with Crippen LogP contribution in [0.15, 0.2) is 36.5 Å². The number of halogens is 2. The van der Waals surface area contributed by atoms with Crippen LogP contribution in [0.4, 0.5) is 11.5 Å². The number of carbonyl (C=O) groups is 2. The van der Waals surface area contributed by atoms with Crippen LogP contribution < -0.4 is 10.2 Å². The molecule has 136 valence electrons. The van der Waals surface area contributed by atoms with Gasteiger partial charge in [-0.25, -0.2) is 4.98 Å². The number of pyridine rings is 1. The second-order valence-electron chi connectivity index (χ2n) is 5.98. The zero-order valence-electron chi connectivity index (χ0n) is 14.2. The molecule has 1 saturated heterocycles. The molecule has 1 N–H and O–H groups in total. The monoisotopic (exact) mass is 392 g/mol. The van der Waals surface area contributed by atoms with Crippen molar-refractivity contribution in [3.63, 3.8) is 0 Å². The number of hydrogen-bond acceptors (Lipinski definition) is 4. The molecular weight excluding hydrogens is 375 g/mol. The van der Waals surface area contributed by atoms with Crippen LogP contribution >= 0.6 is 23.2 Å². The Morgan fingerprint density at radius 1 is 1.04 bits per heavy atom. The second kappa shape index (κ2) is 7.93. The fourth-order valence-electron chi connectivity index (χ4n) is 2.76. The Balaban J connectivity index is 1.69. The highest BCUT2D eigenvalue weighted by Gasteiger charge is 2.20. The molecule has 0 radical (unpaired) electrons. The highest BCUT2D eigenvalue weighted by Crippen LogP contribution is 2.25. The lowest BCUT2D eigenvalue weighted by Gasteiger charge is -2.35. The summed E-state index contributed by atoms with van der Waals surface area (Å²) in [4.78, 5) is 32.1. The van der Waals surface area contributed by atoms with E-state index in [1.807, 2.05) is 0 Å². The maximum absolute atomic E-state index is 12.5. The number of hydrogen-bond donors (Lipinski definition) is 1. The van der Waals surface area contributed by atoms with Crippen LogP contribution in [0.1, 0.15) is 17.3 Å². The fourth-order valence-corrected chi connectivity index (χ4v) is 3.06. The number of nitrogens with zero attached hydrogens (tertiary/aromatic N) is 3. The van der Waals surface area contributed by atoms with E-state index in [0.717, 1.165) is 5.82 Å². The van der Waals surface area contributed by atoms with E-state index in [2.05, 4.69) is 15.2 Å². The first kappa shape index (κ1) is 18.5. The van der Waals surface area contributed by atoms with Gasteiger partial charge in [0.1, 0.15) is 5.82 Å². The van der Waals surface area contributed by atoms with Crippen molar-refractivity contribution in [2.45, 2.75) is 6.92 Å². The van der Waals surface area contributed by atoms with Crippen LogP contribution in [0.25, 0.3) is 0 Å². The smallest absolute Gasteiger partial charge is 0.255 e. The topological polar surface area (TPSA) is 65.5 Å². The van der Waals surface area contributed by atoms with Crippen molar-refractivity contribution >= 4 is 46.5 Å². The summed E-state index contributed by atoms with van der Waals surface area (Å²) in [7, 11) is 0. The first-order valence-electron chi connectivity index (χ1n) is 8.17. The van der Waals surface area contributed by atoms with E-state index in [1.54, 1.807) is 48.4 Å². The number of benzene rings is 1. The molecule has 2 amide bonds. The third kappa shape index (κ3) is 4.26. The number of piperazine rings is 1. The first-order chi connectivity index (χ1) is 12.4. The van der Waals surface area contributed by atoms with E-state index in [4.69, 9.17) is 23.2 Å². The molecule has 0 spiro atoms. The molecule has 1 aliphatic heterocycles. The molecular formula is C18H18Cl2N4O2. The summed E-state index contributed by atoms with van der Waals surface area (Å²) in [5.74, 6) is 0.539. The van der Waals surface area contributed by atoms with Gasteiger partial charge in [-0.3, -0.25) is 9.59 Å². The summed E-state index contributed by atoms with van der Waals surface area (Å²) in [6.07, 6.45) is 1.61. The number of anilines is 2. The Kier molecular flexibility index (Phi) is 5.64. The van der Waals surface area contributed by atoms with Crippen LogP contribution in [-0.4, -0.2) is 47.9 Å². The number of amides is 2. The lowest BCUT2D eigenvalue weighted by molar-refractivity contribution is -0.129. The molecule has 0 aliphatic carbocycles. The van der Waals surface area contributed by atoms with E-state index in [9.17, 15) is 9.59 Å². The van der Waals surface area contributed by atoms with Gasteiger partial charge in [0, 0.05) is 50.6 Å². The summed E-state index contributed by atoms with van der Waals surface area (Å²) in [6, 6.07) is 8.32. The molecule has 0 atom stereocenters. The minimum absolute atomic E-state index is 0.0763. The van der Waals surface area contributed by atoms with Gasteiger partial charge >= 0.3 is 0 Å². The van der Waals surface area contributed by atoms with Gasteiger partial charge in [0.15, 0.2) is 0 Å². The van der Waals surface area contributed by atoms with Gasteiger partial charge in [-0.05, 0) is 30.3 Å². The van der Waals surface area contributed by atoms with Crippen LogP contribution in [-0.2, 0) is 4.79 Å². The molecule has 0 saturated carbocycles. The average Bonchev–Trinajstić information content (AvgIpc) is 2.65. The van der Waals surface area contributed by atoms with Gasteiger partial charge in [0.25, 0.3) is 5.91 Å². The minimum Gasteiger partial charge on any atom is -0.353 e. The highest BCUT2D eigenvalue weighted by molar-refractivity contribution is 6.42. The Hall–Kier alpha value is -2.31. The maximum atomic E-state index is 12.5. The zero-order valence-corrected chi connectivity index (χ0v) is 15.7. The number of carbonyl (C=O) groups excluding carboxylic acids is 2. The molecule has 6 nitrogen and oxygen atoms in total. The SMILES string of the molecule is CC(=O)N1CCN(c2cc(C(=O)Nc3ccc(Cl)c(Cl)c3)ccn2)CC1. The molecule has 0 bridgehead atoms. The maximum Gasteiger partial charge on any atom is 0.255 e. The zero-order chi connectivity index (χ0) is 18.7. The van der Waals surface area contributed by atoms with Gasteiger partial charge in [-0.1, -0.05) is 23.2 Å². The predicted molar refractivity (Wildman–Crippen MR) is 103 cm³/mol. The Bertz CT molecular complexity index is 836. The third-order valence-corrected chi connectivity index (χ3v) is 4.97. The van der Waals surface area contributed by atoms with E-state index in [-0.39, 0.29) is 11.8 Å². The first-order valence-corrected chi connectivity index (χ1v) is 8.92. The average molecular weight is 393 g/mol. The van der Waals surface area contributed by atoms with Crippen molar-refractivity contribution < 1.29 is 9.59 Å². The standard InChI is InChI=1S/C18H18Cl2N4O2/c1-12(25)23-6-8-24(9-7-23)17-10-13(4-5-21-17)18(26)22-14-2-3-15(19)16(20)11-14/h2-5,10-11H,6-9H2,1H3,(H,22,26). The van der Waals surface area contributed by atoms with E-state index < -0.39 is 0 Å². The predicted octanol–water partition coefficient (Wildman–Crippen LogP) is 3.31. The quantitative estimate of drug-likeness (QED) is 0.869. The van der Waals surface area contributed by atoms with Crippen LogP contribution in [0, 0.1) is 0 Å². The molecule has 2 heterocycles. The number of nitrogens with one attached hydrogen (secondary N) is 1. The van der Waals surface area contributed by atoms with Gasteiger partial charge in [0.2, 0.25) is 5.91 Å². The molecule has 1 aromatic carbocycles. The number of rotatable bonds is 3. The molecule has 1 aromatic heterocycles. The van der Waals surface area contributed by atoms with Gasteiger partial charge in [-0.15, -0.1) is 0 Å². The summed E-state index contributed by atoms with van der Waals surface area (Å²) in [5, 5.41) is 3.61. The van der Waals surface area contributed by atoms with E-state index in [0.29, 0.717) is 47.5 Å². The summed E-state index contributed by atoms with van der Waals surface area (Å²) >= 11 is 11.9. The van der Waals surface area contributed by atoms with E-state index >= 15 is 0 Å². The molecule has 0 unspecified atom stereocenters. The lowest BCUT2D eigenvalue weighted by Crippen LogP contribution is -2.48. The van der Waals surface area contributed by atoms with Gasteiger partial charge in [-0.2, -0.15) is 0 Å². The van der Waals surface area contributed by atoms with Crippen LogP contribution in [0.3, 0.4) is 0 Å².